The van der Waals surface area contributed by atoms with Gasteiger partial charge in [-0.15, -0.1) is 13.2 Å². The molecule has 1 aromatic rings. The van der Waals surface area contributed by atoms with Crippen LogP contribution in [0.5, 0.6) is 5.75 Å². The van der Waals surface area contributed by atoms with E-state index >= 15 is 0 Å². The summed E-state index contributed by atoms with van der Waals surface area (Å²) < 4.78 is 45.1. The first-order valence-electron chi connectivity index (χ1n) is 4.36. The van der Waals surface area contributed by atoms with Gasteiger partial charge in [-0.05, 0) is 34.7 Å². The van der Waals surface area contributed by atoms with E-state index in [0.717, 1.165) is 13.2 Å². The number of esters is 1. The number of carbonyl (C=O) groups is 1. The Morgan fingerprint density at radius 1 is 1.44 bits per heavy atom. The summed E-state index contributed by atoms with van der Waals surface area (Å²) in [5.74, 6) is -1.86. The molecule has 0 atom stereocenters. The van der Waals surface area contributed by atoms with Crippen LogP contribution in [0.25, 0.3) is 0 Å². The first-order valence-corrected chi connectivity index (χ1v) is 5.44. The predicted octanol–water partition coefficient (Wildman–Crippen LogP) is 2.85. The summed E-state index contributed by atoms with van der Waals surface area (Å²) in [6, 6.07) is 3.86. The Labute approximate surface area is 113 Å². The van der Waals surface area contributed by atoms with Gasteiger partial charge in [0.2, 0.25) is 0 Å². The maximum Gasteiger partial charge on any atom is 0.573 e. The Bertz CT molecular complexity index is 522. The van der Waals surface area contributed by atoms with Crippen LogP contribution in [0.15, 0.2) is 12.1 Å². The zero-order valence-electron chi connectivity index (χ0n) is 8.84. The summed E-state index contributed by atoms with van der Waals surface area (Å²) in [6.45, 7) is 0. The van der Waals surface area contributed by atoms with E-state index in [0.29, 0.717) is 3.57 Å². The molecule has 0 aliphatic carbocycles. The predicted molar refractivity (Wildman–Crippen MR) is 61.9 cm³/mol. The quantitative estimate of drug-likeness (QED) is 0.593. The second kappa shape index (κ2) is 5.43. The molecule has 0 heterocycles. The third-order valence-electron chi connectivity index (χ3n) is 1.80. The molecule has 0 fully saturated rings. The molecule has 8 heteroatoms. The van der Waals surface area contributed by atoms with E-state index in [4.69, 9.17) is 5.26 Å². The van der Waals surface area contributed by atoms with E-state index in [-0.39, 0.29) is 5.56 Å². The van der Waals surface area contributed by atoms with Crippen LogP contribution in [0.4, 0.5) is 13.2 Å². The monoisotopic (exact) mass is 371 g/mol. The number of rotatable bonds is 2. The highest BCUT2D eigenvalue weighted by Crippen LogP contribution is 2.32. The summed E-state index contributed by atoms with van der Waals surface area (Å²) >= 11 is 1.76. The molecular weight excluding hydrogens is 366 g/mol. The molecule has 0 bridgehead atoms. The normalized spacial score (nSPS) is 10.7. The van der Waals surface area contributed by atoms with Crippen molar-refractivity contribution < 1.29 is 27.4 Å². The lowest BCUT2D eigenvalue weighted by atomic mass is 10.1. The largest absolute Gasteiger partial charge is 0.573 e. The third-order valence-corrected chi connectivity index (χ3v) is 2.42. The van der Waals surface area contributed by atoms with E-state index in [9.17, 15) is 18.0 Å². The number of benzene rings is 1. The Morgan fingerprint density at radius 2 is 2.06 bits per heavy atom. The van der Waals surface area contributed by atoms with E-state index in [1.807, 2.05) is 0 Å². The Hall–Kier alpha value is -1.50. The lowest BCUT2D eigenvalue weighted by Gasteiger charge is -2.13. The summed E-state index contributed by atoms with van der Waals surface area (Å²) in [5.41, 5.74) is -0.835. The molecular formula is C10H5F3INO3. The van der Waals surface area contributed by atoms with Crippen LogP contribution in [0.1, 0.15) is 15.9 Å². The van der Waals surface area contributed by atoms with Gasteiger partial charge < -0.3 is 9.47 Å². The van der Waals surface area contributed by atoms with Crippen LogP contribution < -0.4 is 4.74 Å². The van der Waals surface area contributed by atoms with Crippen molar-refractivity contribution >= 4 is 28.6 Å². The Morgan fingerprint density at radius 3 is 2.50 bits per heavy atom. The summed E-state index contributed by atoms with van der Waals surface area (Å²) in [4.78, 5) is 11.4. The van der Waals surface area contributed by atoms with Gasteiger partial charge >= 0.3 is 12.3 Å². The molecule has 0 aliphatic heterocycles. The van der Waals surface area contributed by atoms with Crippen LogP contribution in [0.2, 0.25) is 0 Å². The van der Waals surface area contributed by atoms with Gasteiger partial charge in [-0.3, -0.25) is 0 Å². The van der Waals surface area contributed by atoms with Gasteiger partial charge in [0.25, 0.3) is 0 Å². The number of nitriles is 1. The second-order valence-electron chi connectivity index (χ2n) is 2.98. The average Bonchev–Trinajstić information content (AvgIpc) is 2.28. The fraction of sp³-hybridized carbons (Fsp3) is 0.200. The number of nitrogens with zero attached hydrogens (tertiary/aromatic N) is 1. The highest BCUT2D eigenvalue weighted by atomic mass is 127. The molecule has 0 spiro atoms. The van der Waals surface area contributed by atoms with Crippen molar-refractivity contribution in [1.82, 2.24) is 0 Å². The van der Waals surface area contributed by atoms with Crippen molar-refractivity contribution in [3.05, 3.63) is 26.8 Å². The van der Waals surface area contributed by atoms with Crippen molar-refractivity contribution in [2.75, 3.05) is 7.11 Å². The van der Waals surface area contributed by atoms with Gasteiger partial charge in [0.15, 0.2) is 5.75 Å². The molecule has 0 amide bonds. The SMILES string of the molecule is COC(=O)c1cc(I)cc(C#N)c1OC(F)(F)F. The van der Waals surface area contributed by atoms with E-state index < -0.39 is 23.6 Å². The van der Waals surface area contributed by atoms with Gasteiger partial charge in [0.05, 0.1) is 12.7 Å². The minimum atomic E-state index is -5.00. The zero-order chi connectivity index (χ0) is 13.9. The van der Waals surface area contributed by atoms with Crippen LogP contribution in [0, 0.1) is 14.9 Å². The van der Waals surface area contributed by atoms with Gasteiger partial charge in [0, 0.05) is 3.57 Å². The summed E-state index contributed by atoms with van der Waals surface area (Å²) in [7, 11) is 1.02. The number of halogens is 4. The summed E-state index contributed by atoms with van der Waals surface area (Å²) in [6.07, 6.45) is -5.00. The zero-order valence-corrected chi connectivity index (χ0v) is 11.0. The van der Waals surface area contributed by atoms with Crippen LogP contribution in [-0.2, 0) is 4.74 Å². The fourth-order valence-electron chi connectivity index (χ4n) is 1.16. The molecule has 0 unspecified atom stereocenters. The molecule has 0 saturated carbocycles. The maximum absolute atomic E-state index is 12.2. The van der Waals surface area contributed by atoms with Crippen LogP contribution >= 0.6 is 22.6 Å². The van der Waals surface area contributed by atoms with Gasteiger partial charge in [0.1, 0.15) is 11.6 Å². The minimum Gasteiger partial charge on any atom is -0.465 e. The highest BCUT2D eigenvalue weighted by Gasteiger charge is 2.34. The van der Waals surface area contributed by atoms with Crippen molar-refractivity contribution in [3.8, 4) is 11.8 Å². The number of hydrogen-bond donors (Lipinski definition) is 0. The standard InChI is InChI=1S/C10H5F3INO3/c1-17-9(16)7-3-6(14)2-5(4-15)8(7)18-10(11,12)13/h2-3H,1H3. The Kier molecular flexibility index (Phi) is 4.39. The third kappa shape index (κ3) is 3.49. The number of methoxy groups -OCH3 is 1. The number of alkyl halides is 3. The fourth-order valence-corrected chi connectivity index (χ4v) is 1.79. The number of carbonyl (C=O) groups excluding carboxylic acids is 1. The molecule has 0 aromatic heterocycles. The van der Waals surface area contributed by atoms with Crippen molar-refractivity contribution in [2.45, 2.75) is 6.36 Å². The second-order valence-corrected chi connectivity index (χ2v) is 4.23. The molecule has 0 saturated heterocycles. The van der Waals surface area contributed by atoms with E-state index in [1.165, 1.54) is 6.07 Å². The van der Waals surface area contributed by atoms with Crippen LogP contribution in [0.3, 0.4) is 0 Å². The lowest BCUT2D eigenvalue weighted by Crippen LogP contribution is -2.20. The smallest absolute Gasteiger partial charge is 0.465 e. The Balaban J connectivity index is 3.44. The molecule has 0 aliphatic rings. The molecule has 0 radical (unpaired) electrons. The van der Waals surface area contributed by atoms with Crippen molar-refractivity contribution in [1.29, 1.82) is 5.26 Å². The topological polar surface area (TPSA) is 59.3 Å². The number of ether oxygens (including phenoxy) is 2. The first-order chi connectivity index (χ1) is 8.28. The average molecular weight is 371 g/mol. The molecule has 1 rings (SSSR count). The lowest BCUT2D eigenvalue weighted by molar-refractivity contribution is -0.274. The van der Waals surface area contributed by atoms with Gasteiger partial charge in [-0.1, -0.05) is 0 Å². The van der Waals surface area contributed by atoms with Gasteiger partial charge in [-0.2, -0.15) is 5.26 Å². The first kappa shape index (κ1) is 14.6. The molecule has 4 nitrogen and oxygen atoms in total. The maximum atomic E-state index is 12.2. The van der Waals surface area contributed by atoms with E-state index in [2.05, 4.69) is 9.47 Å². The molecule has 1 aromatic carbocycles. The minimum absolute atomic E-state index is 0.389. The van der Waals surface area contributed by atoms with Gasteiger partial charge in [-0.25, -0.2) is 4.79 Å². The molecule has 18 heavy (non-hydrogen) atoms. The highest BCUT2D eigenvalue weighted by molar-refractivity contribution is 14.1. The number of hydrogen-bond acceptors (Lipinski definition) is 4. The molecule has 96 valence electrons. The van der Waals surface area contributed by atoms with Crippen molar-refractivity contribution in [3.63, 3.8) is 0 Å². The summed E-state index contributed by atoms with van der Waals surface area (Å²) in [5, 5.41) is 8.77. The van der Waals surface area contributed by atoms with E-state index in [1.54, 1.807) is 28.7 Å². The van der Waals surface area contributed by atoms with Crippen molar-refractivity contribution in [2.24, 2.45) is 0 Å². The molecule has 0 N–H and O–H groups in total. The van der Waals surface area contributed by atoms with Crippen LogP contribution in [-0.4, -0.2) is 19.4 Å².